The molecule has 2 aliphatic rings. The van der Waals surface area contributed by atoms with Gasteiger partial charge in [-0.15, -0.1) is 0 Å². The Morgan fingerprint density at radius 3 is 2.68 bits per heavy atom. The van der Waals surface area contributed by atoms with E-state index in [0.717, 1.165) is 12.8 Å². The van der Waals surface area contributed by atoms with Crippen LogP contribution in [0.4, 0.5) is 4.39 Å². The van der Waals surface area contributed by atoms with E-state index in [9.17, 15) is 19.1 Å². The molecular formula is C20H28FN3O4. The number of hydrogen-bond acceptors (Lipinski definition) is 5. The van der Waals surface area contributed by atoms with Crippen LogP contribution in [0.1, 0.15) is 44.1 Å². The van der Waals surface area contributed by atoms with Gasteiger partial charge in [0, 0.05) is 25.2 Å². The van der Waals surface area contributed by atoms with E-state index in [0.29, 0.717) is 37.1 Å². The van der Waals surface area contributed by atoms with E-state index in [2.05, 4.69) is 5.32 Å². The van der Waals surface area contributed by atoms with E-state index in [4.69, 9.17) is 10.5 Å². The predicted molar refractivity (Wildman–Crippen MR) is 101 cm³/mol. The molecule has 1 aliphatic carbocycles. The molecule has 4 N–H and O–H groups in total. The number of β-amino-alcohol motifs (C(OH)–C–C–N with tert-alkyl or cyclic N) is 1. The van der Waals surface area contributed by atoms with Crippen LogP contribution in [0.3, 0.4) is 0 Å². The molecule has 3 rings (SSSR count). The van der Waals surface area contributed by atoms with Gasteiger partial charge in [0.1, 0.15) is 11.6 Å². The molecule has 1 aromatic carbocycles. The van der Waals surface area contributed by atoms with Crippen LogP contribution < -0.4 is 15.8 Å². The molecule has 0 bridgehead atoms. The van der Waals surface area contributed by atoms with Crippen molar-refractivity contribution in [1.82, 2.24) is 10.2 Å². The summed E-state index contributed by atoms with van der Waals surface area (Å²) in [6.45, 7) is 0.426. The Morgan fingerprint density at radius 2 is 2.04 bits per heavy atom. The fraction of sp³-hybridized carbons (Fsp3) is 0.600. The van der Waals surface area contributed by atoms with Crippen LogP contribution in [0.15, 0.2) is 18.2 Å². The van der Waals surface area contributed by atoms with Gasteiger partial charge in [0.25, 0.3) is 5.91 Å². The summed E-state index contributed by atoms with van der Waals surface area (Å²) in [5.74, 6) is -0.847. The minimum Gasteiger partial charge on any atom is -0.497 e. The van der Waals surface area contributed by atoms with Crippen LogP contribution in [-0.2, 0) is 16.1 Å². The van der Waals surface area contributed by atoms with E-state index in [1.54, 1.807) is 6.07 Å². The number of likely N-dealkylation sites (tertiary alicyclic amines) is 1. The number of nitrogens with two attached hydrogens (primary N) is 1. The van der Waals surface area contributed by atoms with Crippen molar-refractivity contribution in [2.45, 2.75) is 56.2 Å². The Balaban J connectivity index is 1.71. The number of nitrogens with zero attached hydrogens (tertiary/aromatic N) is 1. The number of primary amides is 1. The normalized spacial score (nSPS) is 24.4. The Hall–Kier alpha value is -2.19. The van der Waals surface area contributed by atoms with Crippen molar-refractivity contribution in [3.8, 4) is 5.75 Å². The lowest BCUT2D eigenvalue weighted by molar-refractivity contribution is -0.158. The number of ether oxygens (including phenoxy) is 1. The first-order valence-corrected chi connectivity index (χ1v) is 9.69. The summed E-state index contributed by atoms with van der Waals surface area (Å²) < 4.78 is 19.3. The number of piperidine rings is 1. The number of hydrogen-bond donors (Lipinski definition) is 3. The number of methoxy groups -OCH3 is 1. The van der Waals surface area contributed by atoms with Gasteiger partial charge in [-0.3, -0.25) is 14.9 Å². The molecule has 0 aromatic heterocycles. The third kappa shape index (κ3) is 3.98. The van der Waals surface area contributed by atoms with Crippen LogP contribution in [0.2, 0.25) is 0 Å². The predicted octanol–water partition coefficient (Wildman–Crippen LogP) is 1.08. The van der Waals surface area contributed by atoms with Crippen LogP contribution >= 0.6 is 0 Å². The molecule has 7 nitrogen and oxygen atoms in total. The highest BCUT2D eigenvalue weighted by atomic mass is 19.1. The largest absolute Gasteiger partial charge is 0.497 e. The average molecular weight is 393 g/mol. The van der Waals surface area contributed by atoms with Gasteiger partial charge < -0.3 is 20.5 Å². The number of amides is 2. The molecule has 1 saturated carbocycles. The highest BCUT2D eigenvalue weighted by Crippen LogP contribution is 2.31. The molecule has 0 spiro atoms. The Kier molecular flexibility index (Phi) is 5.90. The van der Waals surface area contributed by atoms with Crippen molar-refractivity contribution in [2.24, 2.45) is 5.73 Å². The Labute approximate surface area is 164 Å². The van der Waals surface area contributed by atoms with E-state index >= 15 is 0 Å². The Morgan fingerprint density at radius 1 is 1.32 bits per heavy atom. The summed E-state index contributed by atoms with van der Waals surface area (Å²) in [5, 5.41) is 14.1. The van der Waals surface area contributed by atoms with Gasteiger partial charge in [-0.25, -0.2) is 4.39 Å². The quantitative estimate of drug-likeness (QED) is 0.643. The average Bonchev–Trinajstić information content (AvgIpc) is 3.16. The second-order valence-electron chi connectivity index (χ2n) is 7.83. The van der Waals surface area contributed by atoms with E-state index in [1.807, 2.05) is 0 Å². The maximum Gasteiger partial charge on any atom is 0.256 e. The number of carbonyl (C=O) groups is 2. The summed E-state index contributed by atoms with van der Waals surface area (Å²) >= 11 is 0. The minimum absolute atomic E-state index is 0.0468. The highest BCUT2D eigenvalue weighted by molar-refractivity contribution is 5.87. The van der Waals surface area contributed by atoms with E-state index in [1.165, 1.54) is 24.1 Å². The van der Waals surface area contributed by atoms with Crippen molar-refractivity contribution < 1.29 is 23.8 Å². The smallest absolute Gasteiger partial charge is 0.256 e. The lowest BCUT2D eigenvalue weighted by Crippen LogP contribution is -2.63. The van der Waals surface area contributed by atoms with Crippen LogP contribution in [0.5, 0.6) is 5.75 Å². The summed E-state index contributed by atoms with van der Waals surface area (Å²) in [5.41, 5.74) is 3.39. The molecular weight excluding hydrogens is 365 g/mol. The zero-order valence-corrected chi connectivity index (χ0v) is 16.2. The minimum atomic E-state index is -1.64. The Bertz CT molecular complexity index is 751. The molecule has 2 fully saturated rings. The summed E-state index contributed by atoms with van der Waals surface area (Å²) in [4.78, 5) is 26.3. The number of benzene rings is 1. The first-order chi connectivity index (χ1) is 13.3. The third-order valence-electron chi connectivity index (χ3n) is 5.97. The maximum atomic E-state index is 14.2. The lowest BCUT2D eigenvalue weighted by Gasteiger charge is -2.40. The fourth-order valence-electron chi connectivity index (χ4n) is 4.19. The SMILES string of the molecule is COc1ccc(F)c(CN2CCCC(O)(CNC3(C(N)=O)CCCC3)C2=O)c1. The van der Waals surface area contributed by atoms with Crippen LogP contribution in [0.25, 0.3) is 0 Å². The van der Waals surface area contributed by atoms with Crippen molar-refractivity contribution in [1.29, 1.82) is 0 Å². The van der Waals surface area contributed by atoms with Crippen molar-refractivity contribution in [3.63, 3.8) is 0 Å². The molecule has 154 valence electrons. The van der Waals surface area contributed by atoms with Gasteiger partial charge in [-0.1, -0.05) is 12.8 Å². The van der Waals surface area contributed by atoms with Gasteiger partial charge >= 0.3 is 0 Å². The fourth-order valence-corrected chi connectivity index (χ4v) is 4.19. The number of halogens is 1. The molecule has 0 radical (unpaired) electrons. The molecule has 1 atom stereocenters. The number of nitrogens with one attached hydrogen (secondary N) is 1. The third-order valence-corrected chi connectivity index (χ3v) is 5.97. The summed E-state index contributed by atoms with van der Waals surface area (Å²) in [6, 6.07) is 4.37. The van der Waals surface area contributed by atoms with Crippen molar-refractivity contribution in [3.05, 3.63) is 29.6 Å². The second-order valence-corrected chi connectivity index (χ2v) is 7.83. The standard InChI is InChI=1S/C20H28FN3O4/c1-28-15-5-6-16(21)14(11-15)12-24-10-4-9-20(27,18(24)26)13-23-19(17(22)25)7-2-3-8-19/h5-6,11,23,27H,2-4,7-10,12-13H2,1H3,(H2,22,25). The molecule has 1 aliphatic heterocycles. The molecule has 1 saturated heterocycles. The molecule has 2 amide bonds. The topological polar surface area (TPSA) is 105 Å². The van der Waals surface area contributed by atoms with E-state index < -0.39 is 28.8 Å². The summed E-state index contributed by atoms with van der Waals surface area (Å²) in [6.07, 6.45) is 3.83. The zero-order chi connectivity index (χ0) is 20.4. The molecule has 28 heavy (non-hydrogen) atoms. The highest BCUT2D eigenvalue weighted by Gasteiger charge is 2.46. The first kappa shape index (κ1) is 20.5. The number of aliphatic hydroxyl groups is 1. The maximum absolute atomic E-state index is 14.2. The number of rotatable bonds is 7. The van der Waals surface area contributed by atoms with Crippen LogP contribution in [0, 0.1) is 5.82 Å². The molecule has 1 unspecified atom stereocenters. The van der Waals surface area contributed by atoms with Gasteiger partial charge in [0.15, 0.2) is 5.60 Å². The van der Waals surface area contributed by atoms with E-state index in [-0.39, 0.29) is 19.5 Å². The molecule has 8 heteroatoms. The van der Waals surface area contributed by atoms with Crippen molar-refractivity contribution >= 4 is 11.8 Å². The molecule has 1 heterocycles. The van der Waals surface area contributed by atoms with Gasteiger partial charge in [-0.2, -0.15) is 0 Å². The van der Waals surface area contributed by atoms with Gasteiger partial charge in [-0.05, 0) is 43.9 Å². The zero-order valence-electron chi connectivity index (χ0n) is 16.2. The van der Waals surface area contributed by atoms with Gasteiger partial charge in [0.2, 0.25) is 5.91 Å². The van der Waals surface area contributed by atoms with Crippen LogP contribution in [-0.4, -0.2) is 53.2 Å². The first-order valence-electron chi connectivity index (χ1n) is 9.69. The monoisotopic (exact) mass is 393 g/mol. The van der Waals surface area contributed by atoms with Crippen molar-refractivity contribution in [2.75, 3.05) is 20.2 Å². The second kappa shape index (κ2) is 8.05. The summed E-state index contributed by atoms with van der Waals surface area (Å²) in [7, 11) is 1.49. The van der Waals surface area contributed by atoms with Gasteiger partial charge in [0.05, 0.1) is 12.6 Å². The number of carbonyl (C=O) groups excluding carboxylic acids is 2. The molecule has 1 aromatic rings. The lowest BCUT2D eigenvalue weighted by atomic mass is 9.88.